The second-order valence-electron chi connectivity index (χ2n) is 8.86. The highest BCUT2D eigenvalue weighted by atomic mass is 32.2. The van der Waals surface area contributed by atoms with Crippen LogP contribution < -0.4 is 19.8 Å². The molecule has 0 bridgehead atoms. The Bertz CT molecular complexity index is 1370. The van der Waals surface area contributed by atoms with Crippen LogP contribution in [0.5, 0.6) is 11.8 Å². The lowest BCUT2D eigenvalue weighted by Crippen LogP contribution is -2.15. The van der Waals surface area contributed by atoms with Gasteiger partial charge in [-0.2, -0.15) is 0 Å². The van der Waals surface area contributed by atoms with Crippen LogP contribution in [-0.4, -0.2) is 38.9 Å². The van der Waals surface area contributed by atoms with Crippen LogP contribution in [0.25, 0.3) is 23.3 Å². The fourth-order valence-corrected chi connectivity index (χ4v) is 4.03. The third-order valence-corrected chi connectivity index (χ3v) is 5.69. The molecule has 0 spiro atoms. The van der Waals surface area contributed by atoms with Crippen LogP contribution in [0, 0.1) is 0 Å². The second kappa shape index (κ2) is 9.72. The smallest absolute Gasteiger partial charge is 0.296 e. The number of ether oxygens (including phenoxy) is 2. The number of rotatable bonds is 7. The van der Waals surface area contributed by atoms with E-state index in [0.29, 0.717) is 22.6 Å². The van der Waals surface area contributed by atoms with Crippen molar-refractivity contribution in [1.29, 1.82) is 0 Å². The van der Waals surface area contributed by atoms with Crippen molar-refractivity contribution in [3.63, 3.8) is 0 Å². The zero-order chi connectivity index (χ0) is 25.1. The van der Waals surface area contributed by atoms with Crippen molar-refractivity contribution in [2.24, 2.45) is 0 Å². The number of hydrogen-bond donors (Lipinski definition) is 2. The molecule has 8 nitrogen and oxygen atoms in total. The van der Waals surface area contributed by atoms with Crippen molar-refractivity contribution in [2.75, 3.05) is 25.2 Å². The number of sulfonamides is 1. The number of nitrogens with zero attached hydrogens (tertiary/aromatic N) is 1. The van der Waals surface area contributed by atoms with E-state index in [1.165, 1.54) is 13.3 Å². The molecule has 9 heteroatoms. The van der Waals surface area contributed by atoms with E-state index in [9.17, 15) is 13.2 Å². The van der Waals surface area contributed by atoms with Gasteiger partial charge in [0.15, 0.2) is 0 Å². The first-order valence-electron chi connectivity index (χ1n) is 10.5. The summed E-state index contributed by atoms with van der Waals surface area (Å²) in [5.41, 5.74) is 3.65. The third-order valence-electron chi connectivity index (χ3n) is 5.08. The van der Waals surface area contributed by atoms with E-state index in [1.54, 1.807) is 19.2 Å². The Morgan fingerprint density at radius 3 is 2.24 bits per heavy atom. The van der Waals surface area contributed by atoms with Crippen molar-refractivity contribution < 1.29 is 17.9 Å². The Morgan fingerprint density at radius 1 is 1.03 bits per heavy atom. The van der Waals surface area contributed by atoms with E-state index in [0.717, 1.165) is 22.9 Å². The number of H-pyrrole nitrogens is 1. The fourth-order valence-electron chi connectivity index (χ4n) is 3.47. The first-order chi connectivity index (χ1) is 15.9. The summed E-state index contributed by atoms with van der Waals surface area (Å²) in [5, 5.41) is 0. The second-order valence-corrected chi connectivity index (χ2v) is 10.6. The number of hydrogen-bond acceptors (Lipinski definition) is 6. The molecule has 1 aromatic heterocycles. The van der Waals surface area contributed by atoms with E-state index in [-0.39, 0.29) is 17.0 Å². The molecule has 0 amide bonds. The molecule has 0 unspecified atom stereocenters. The number of aromatic amines is 1. The molecule has 0 saturated heterocycles. The van der Waals surface area contributed by atoms with Crippen LogP contribution in [0.4, 0.5) is 5.69 Å². The highest BCUT2D eigenvalue weighted by Gasteiger charge is 2.23. The van der Waals surface area contributed by atoms with Crippen LogP contribution >= 0.6 is 0 Å². The molecule has 180 valence electrons. The minimum atomic E-state index is -3.34. The lowest BCUT2D eigenvalue weighted by molar-refractivity contribution is 0.378. The maximum Gasteiger partial charge on any atom is 0.296 e. The van der Waals surface area contributed by atoms with E-state index in [1.807, 2.05) is 36.4 Å². The largest absolute Gasteiger partial charge is 0.496 e. The summed E-state index contributed by atoms with van der Waals surface area (Å²) >= 11 is 0. The van der Waals surface area contributed by atoms with Gasteiger partial charge in [0.25, 0.3) is 11.6 Å². The van der Waals surface area contributed by atoms with Crippen LogP contribution in [0.15, 0.2) is 47.4 Å². The number of methoxy groups -OCH3 is 2. The molecule has 3 aromatic rings. The zero-order valence-electron chi connectivity index (χ0n) is 20.1. The van der Waals surface area contributed by atoms with Gasteiger partial charge in [-0.05, 0) is 40.8 Å². The SMILES string of the molecule is COc1ncc(-c2cc(/C=C/c3ccc(NS(C)(=O)=O)cc3)c(OC)c(C(C)(C)C)c2)c(=O)[nH]1. The number of anilines is 1. The number of nitrogens with one attached hydrogen (secondary N) is 2. The normalized spacial score (nSPS) is 12.1. The van der Waals surface area contributed by atoms with Crippen molar-refractivity contribution in [2.45, 2.75) is 26.2 Å². The quantitative estimate of drug-likeness (QED) is 0.485. The summed E-state index contributed by atoms with van der Waals surface area (Å²) in [7, 11) is -0.278. The first-order valence-corrected chi connectivity index (χ1v) is 12.4. The van der Waals surface area contributed by atoms with Gasteiger partial charge in [-0.15, -0.1) is 0 Å². The molecule has 0 aliphatic carbocycles. The Balaban J connectivity index is 2.09. The minimum absolute atomic E-state index is 0.146. The predicted molar refractivity (Wildman–Crippen MR) is 136 cm³/mol. The molecule has 0 aliphatic heterocycles. The highest BCUT2D eigenvalue weighted by molar-refractivity contribution is 7.92. The molecule has 0 atom stereocenters. The summed E-state index contributed by atoms with van der Waals surface area (Å²) in [6, 6.07) is 11.0. The summed E-state index contributed by atoms with van der Waals surface area (Å²) in [5.74, 6) is 0.709. The Morgan fingerprint density at radius 2 is 1.71 bits per heavy atom. The molecule has 1 heterocycles. The van der Waals surface area contributed by atoms with Crippen molar-refractivity contribution in [1.82, 2.24) is 9.97 Å². The molecule has 0 fully saturated rings. The topological polar surface area (TPSA) is 110 Å². The van der Waals surface area contributed by atoms with Gasteiger partial charge in [-0.3, -0.25) is 14.5 Å². The van der Waals surface area contributed by atoms with Crippen molar-refractivity contribution >= 4 is 27.9 Å². The zero-order valence-corrected chi connectivity index (χ0v) is 20.9. The standard InChI is InChI=1S/C25H29N3O5S/c1-25(2,3)21-14-18(20-15-26-24(33-5)27-23(20)29)13-17(22(21)32-4)10-7-16-8-11-19(12-9-16)28-34(6,30)31/h7-15,28H,1-6H3,(H,26,27,29)/b10-7+. The van der Waals surface area contributed by atoms with Crippen LogP contribution in [0.2, 0.25) is 0 Å². The van der Waals surface area contributed by atoms with Gasteiger partial charge in [-0.1, -0.05) is 45.1 Å². The first kappa shape index (κ1) is 25.0. The van der Waals surface area contributed by atoms with Crippen LogP contribution in [0.3, 0.4) is 0 Å². The monoisotopic (exact) mass is 483 g/mol. The molecule has 2 N–H and O–H groups in total. The minimum Gasteiger partial charge on any atom is -0.496 e. The summed E-state index contributed by atoms with van der Waals surface area (Å²) in [6.45, 7) is 6.23. The third kappa shape index (κ3) is 6.05. The lowest BCUT2D eigenvalue weighted by Gasteiger charge is -2.24. The maximum absolute atomic E-state index is 12.7. The van der Waals surface area contributed by atoms with Gasteiger partial charge in [0, 0.05) is 23.0 Å². The summed E-state index contributed by atoms with van der Waals surface area (Å²) in [4.78, 5) is 19.4. The number of aromatic nitrogens is 2. The van der Waals surface area contributed by atoms with E-state index >= 15 is 0 Å². The molecular weight excluding hydrogens is 454 g/mol. The van der Waals surface area contributed by atoms with Gasteiger partial charge in [0.1, 0.15) is 5.75 Å². The van der Waals surface area contributed by atoms with Gasteiger partial charge in [-0.25, -0.2) is 13.4 Å². The van der Waals surface area contributed by atoms with E-state index in [2.05, 4.69) is 35.5 Å². The molecule has 0 radical (unpaired) electrons. The van der Waals surface area contributed by atoms with Crippen molar-refractivity contribution in [3.05, 3.63) is 69.6 Å². The van der Waals surface area contributed by atoms with Crippen molar-refractivity contribution in [3.8, 4) is 22.9 Å². The molecule has 3 rings (SSSR count). The number of benzene rings is 2. The molecular formula is C25H29N3O5S. The summed E-state index contributed by atoms with van der Waals surface area (Å²) in [6.07, 6.45) is 6.40. The molecule has 0 saturated carbocycles. The Labute approximate surface area is 199 Å². The van der Waals surface area contributed by atoms with Crippen LogP contribution in [-0.2, 0) is 15.4 Å². The van der Waals surface area contributed by atoms with E-state index in [4.69, 9.17) is 9.47 Å². The van der Waals surface area contributed by atoms with Gasteiger partial charge >= 0.3 is 0 Å². The highest BCUT2D eigenvalue weighted by Crippen LogP contribution is 2.38. The average molecular weight is 484 g/mol. The van der Waals surface area contributed by atoms with Crippen LogP contribution in [0.1, 0.15) is 37.5 Å². The van der Waals surface area contributed by atoms with Gasteiger partial charge in [0.05, 0.1) is 26.0 Å². The molecule has 2 aromatic carbocycles. The summed E-state index contributed by atoms with van der Waals surface area (Å²) < 4.78 is 36.1. The Kier molecular flexibility index (Phi) is 7.16. The maximum atomic E-state index is 12.7. The predicted octanol–water partition coefficient (Wildman–Crippen LogP) is 4.29. The van der Waals surface area contributed by atoms with Gasteiger partial charge in [0.2, 0.25) is 10.0 Å². The molecule has 34 heavy (non-hydrogen) atoms. The van der Waals surface area contributed by atoms with Gasteiger partial charge < -0.3 is 9.47 Å². The average Bonchev–Trinajstić information content (AvgIpc) is 2.76. The van der Waals surface area contributed by atoms with E-state index < -0.39 is 10.0 Å². The molecule has 0 aliphatic rings. The fraction of sp³-hybridized carbons (Fsp3) is 0.280. The Hall–Kier alpha value is -3.59. The lowest BCUT2D eigenvalue weighted by atomic mass is 9.83.